The minimum Gasteiger partial charge on any atom is -0.351 e. The van der Waals surface area contributed by atoms with Gasteiger partial charge in [-0.1, -0.05) is 24.9 Å². The van der Waals surface area contributed by atoms with Crippen LogP contribution in [0.25, 0.3) is 0 Å². The molecule has 19 heavy (non-hydrogen) atoms. The SMILES string of the molecule is CCCC1(CNC(=O)c2cc(Cl)nc(NN)c2)CC1. The lowest BCUT2D eigenvalue weighted by Gasteiger charge is -2.15. The molecule has 0 bridgehead atoms. The van der Waals surface area contributed by atoms with Crippen LogP contribution in [0.3, 0.4) is 0 Å². The number of amides is 1. The van der Waals surface area contributed by atoms with Gasteiger partial charge >= 0.3 is 0 Å². The smallest absolute Gasteiger partial charge is 0.251 e. The molecule has 0 spiro atoms. The van der Waals surface area contributed by atoms with Crippen molar-refractivity contribution in [2.24, 2.45) is 11.3 Å². The third kappa shape index (κ3) is 3.58. The Hall–Kier alpha value is -1.33. The second kappa shape index (κ2) is 5.75. The van der Waals surface area contributed by atoms with Gasteiger partial charge in [-0.3, -0.25) is 4.79 Å². The molecule has 1 aromatic rings. The average molecular weight is 283 g/mol. The van der Waals surface area contributed by atoms with Crippen LogP contribution < -0.4 is 16.6 Å². The molecule has 1 heterocycles. The van der Waals surface area contributed by atoms with Crippen molar-refractivity contribution >= 4 is 23.3 Å². The van der Waals surface area contributed by atoms with Crippen LogP contribution in [0.5, 0.6) is 0 Å². The summed E-state index contributed by atoms with van der Waals surface area (Å²) in [7, 11) is 0. The van der Waals surface area contributed by atoms with Crippen LogP contribution in [0.15, 0.2) is 12.1 Å². The van der Waals surface area contributed by atoms with Gasteiger partial charge in [0.2, 0.25) is 0 Å². The van der Waals surface area contributed by atoms with Gasteiger partial charge in [0.15, 0.2) is 0 Å². The largest absolute Gasteiger partial charge is 0.351 e. The molecule has 1 aromatic heterocycles. The number of nitrogens with two attached hydrogens (primary N) is 1. The van der Waals surface area contributed by atoms with Crippen LogP contribution in [0.1, 0.15) is 43.0 Å². The van der Waals surface area contributed by atoms with Crippen molar-refractivity contribution in [2.75, 3.05) is 12.0 Å². The quantitative estimate of drug-likeness (QED) is 0.425. The van der Waals surface area contributed by atoms with Gasteiger partial charge in [-0.2, -0.15) is 0 Å². The van der Waals surface area contributed by atoms with Gasteiger partial charge in [-0.25, -0.2) is 10.8 Å². The van der Waals surface area contributed by atoms with Gasteiger partial charge in [0.25, 0.3) is 5.91 Å². The highest BCUT2D eigenvalue weighted by atomic mass is 35.5. The number of hydrazine groups is 1. The van der Waals surface area contributed by atoms with E-state index in [-0.39, 0.29) is 11.1 Å². The van der Waals surface area contributed by atoms with Crippen LogP contribution in [-0.4, -0.2) is 17.4 Å². The van der Waals surface area contributed by atoms with Crippen molar-refractivity contribution in [1.82, 2.24) is 10.3 Å². The standard InChI is InChI=1S/C13H19ClN4O/c1-2-3-13(4-5-13)8-16-12(19)9-6-10(14)17-11(7-9)18-15/h6-7H,2-5,8,15H2,1H3,(H,16,19)(H,17,18). The average Bonchev–Trinajstić information content (AvgIpc) is 3.16. The highest BCUT2D eigenvalue weighted by Crippen LogP contribution is 2.48. The fourth-order valence-corrected chi connectivity index (χ4v) is 2.50. The summed E-state index contributed by atoms with van der Waals surface area (Å²) in [6.07, 6.45) is 4.72. The van der Waals surface area contributed by atoms with E-state index in [2.05, 4.69) is 22.7 Å². The van der Waals surface area contributed by atoms with Crippen molar-refractivity contribution in [3.63, 3.8) is 0 Å². The third-order valence-electron chi connectivity index (χ3n) is 3.57. The fourth-order valence-electron chi connectivity index (χ4n) is 2.29. The van der Waals surface area contributed by atoms with E-state index in [1.165, 1.54) is 25.3 Å². The summed E-state index contributed by atoms with van der Waals surface area (Å²) in [5, 5.41) is 3.22. The molecule has 0 saturated heterocycles. The normalized spacial score (nSPS) is 15.9. The summed E-state index contributed by atoms with van der Waals surface area (Å²) >= 11 is 5.84. The van der Waals surface area contributed by atoms with Crippen molar-refractivity contribution in [3.8, 4) is 0 Å². The monoisotopic (exact) mass is 282 g/mol. The zero-order chi connectivity index (χ0) is 13.9. The maximum atomic E-state index is 12.1. The second-order valence-corrected chi connectivity index (χ2v) is 5.53. The van der Waals surface area contributed by atoms with Gasteiger partial charge in [0, 0.05) is 12.1 Å². The van der Waals surface area contributed by atoms with Crippen molar-refractivity contribution in [3.05, 3.63) is 22.8 Å². The minimum absolute atomic E-state index is 0.136. The van der Waals surface area contributed by atoms with E-state index in [0.717, 1.165) is 13.0 Å². The molecule has 1 amide bonds. The topological polar surface area (TPSA) is 80.0 Å². The molecular formula is C13H19ClN4O. The summed E-state index contributed by atoms with van der Waals surface area (Å²) in [4.78, 5) is 16.0. The van der Waals surface area contributed by atoms with E-state index >= 15 is 0 Å². The lowest BCUT2D eigenvalue weighted by atomic mass is 10.0. The Labute approximate surface area is 117 Å². The van der Waals surface area contributed by atoms with Crippen molar-refractivity contribution in [2.45, 2.75) is 32.6 Å². The Morgan fingerprint density at radius 2 is 2.26 bits per heavy atom. The Bertz CT molecular complexity index is 474. The number of nitrogens with zero attached hydrogens (tertiary/aromatic N) is 1. The predicted molar refractivity (Wildman–Crippen MR) is 76.0 cm³/mol. The number of carbonyl (C=O) groups is 1. The molecular weight excluding hydrogens is 264 g/mol. The number of pyridine rings is 1. The highest BCUT2D eigenvalue weighted by Gasteiger charge is 2.41. The van der Waals surface area contributed by atoms with Crippen molar-refractivity contribution < 1.29 is 4.79 Å². The molecule has 0 aliphatic heterocycles. The Kier molecular flexibility index (Phi) is 4.27. The molecule has 0 aromatic carbocycles. The molecule has 2 rings (SSSR count). The molecule has 4 N–H and O–H groups in total. The number of anilines is 1. The number of nitrogen functional groups attached to an aromatic ring is 1. The van der Waals surface area contributed by atoms with Crippen LogP contribution in [0.2, 0.25) is 5.15 Å². The number of hydrogen-bond acceptors (Lipinski definition) is 4. The maximum Gasteiger partial charge on any atom is 0.251 e. The molecule has 0 radical (unpaired) electrons. The van der Waals surface area contributed by atoms with Crippen LogP contribution in [0.4, 0.5) is 5.82 Å². The Balaban J connectivity index is 1.98. The number of hydrogen-bond donors (Lipinski definition) is 3. The number of rotatable bonds is 6. The first-order valence-corrected chi connectivity index (χ1v) is 6.89. The molecule has 104 valence electrons. The molecule has 1 aliphatic carbocycles. The van der Waals surface area contributed by atoms with Gasteiger partial charge in [0.1, 0.15) is 11.0 Å². The fraction of sp³-hybridized carbons (Fsp3) is 0.538. The first-order valence-electron chi connectivity index (χ1n) is 6.51. The minimum atomic E-state index is -0.136. The van der Waals surface area contributed by atoms with Crippen LogP contribution >= 0.6 is 11.6 Å². The molecule has 0 atom stereocenters. The number of halogens is 1. The molecule has 0 unspecified atom stereocenters. The van der Waals surface area contributed by atoms with E-state index in [0.29, 0.717) is 16.8 Å². The van der Waals surface area contributed by atoms with E-state index < -0.39 is 0 Å². The lowest BCUT2D eigenvalue weighted by Crippen LogP contribution is -2.30. The van der Waals surface area contributed by atoms with Crippen molar-refractivity contribution in [1.29, 1.82) is 0 Å². The summed E-state index contributed by atoms with van der Waals surface area (Å²) in [5.74, 6) is 5.52. The summed E-state index contributed by atoms with van der Waals surface area (Å²) in [6, 6.07) is 3.12. The summed E-state index contributed by atoms with van der Waals surface area (Å²) in [6.45, 7) is 2.90. The zero-order valence-corrected chi connectivity index (χ0v) is 11.8. The molecule has 1 saturated carbocycles. The Morgan fingerprint density at radius 3 is 2.84 bits per heavy atom. The number of aromatic nitrogens is 1. The summed E-state index contributed by atoms with van der Waals surface area (Å²) in [5.41, 5.74) is 3.19. The van der Waals surface area contributed by atoms with Gasteiger partial charge in [0.05, 0.1) is 0 Å². The molecule has 5 nitrogen and oxygen atoms in total. The Morgan fingerprint density at radius 1 is 1.53 bits per heavy atom. The van der Waals surface area contributed by atoms with E-state index in [9.17, 15) is 4.79 Å². The van der Waals surface area contributed by atoms with Gasteiger partial charge in [-0.15, -0.1) is 0 Å². The van der Waals surface area contributed by atoms with E-state index in [4.69, 9.17) is 17.4 Å². The first-order chi connectivity index (χ1) is 9.08. The second-order valence-electron chi connectivity index (χ2n) is 5.14. The first kappa shape index (κ1) is 14.1. The maximum absolute atomic E-state index is 12.1. The van der Waals surface area contributed by atoms with E-state index in [1.807, 2.05) is 0 Å². The van der Waals surface area contributed by atoms with Gasteiger partial charge in [-0.05, 0) is 36.8 Å². The summed E-state index contributed by atoms with van der Waals surface area (Å²) < 4.78 is 0. The molecule has 1 fully saturated rings. The third-order valence-corrected chi connectivity index (χ3v) is 3.76. The molecule has 1 aliphatic rings. The van der Waals surface area contributed by atoms with Crippen LogP contribution in [-0.2, 0) is 0 Å². The van der Waals surface area contributed by atoms with E-state index in [1.54, 1.807) is 6.07 Å². The zero-order valence-electron chi connectivity index (χ0n) is 11.0. The predicted octanol–water partition coefficient (Wildman–Crippen LogP) is 2.33. The molecule has 6 heteroatoms. The van der Waals surface area contributed by atoms with Gasteiger partial charge < -0.3 is 10.7 Å². The highest BCUT2D eigenvalue weighted by molar-refractivity contribution is 6.29. The number of nitrogens with one attached hydrogen (secondary N) is 2. The number of carbonyl (C=O) groups excluding carboxylic acids is 1. The van der Waals surface area contributed by atoms with Crippen LogP contribution in [0, 0.1) is 5.41 Å². The lowest BCUT2D eigenvalue weighted by molar-refractivity contribution is 0.0943.